The minimum absolute atomic E-state index is 0.205. The van der Waals surface area contributed by atoms with Crippen LogP contribution < -0.4 is 0 Å². The third-order valence-electron chi connectivity index (χ3n) is 4.15. The Morgan fingerprint density at radius 2 is 2.05 bits per heavy atom. The molecule has 1 amide bonds. The summed E-state index contributed by atoms with van der Waals surface area (Å²) in [6.45, 7) is 2.30. The number of aromatic nitrogens is 1. The van der Waals surface area contributed by atoms with Gasteiger partial charge in [-0.1, -0.05) is 23.7 Å². The second-order valence-corrected chi connectivity index (χ2v) is 6.31. The molecule has 1 N–H and O–H groups in total. The van der Waals surface area contributed by atoms with Gasteiger partial charge in [0, 0.05) is 23.5 Å². The third-order valence-corrected chi connectivity index (χ3v) is 4.39. The Balaban J connectivity index is 1.88. The molecule has 1 unspecified atom stereocenters. The number of carbonyl (C=O) groups excluding carboxylic acids is 1. The highest BCUT2D eigenvalue weighted by molar-refractivity contribution is 6.31. The van der Waals surface area contributed by atoms with E-state index in [2.05, 4.69) is 4.98 Å². The zero-order valence-corrected chi connectivity index (χ0v) is 12.8. The maximum atomic E-state index is 12.5. The summed E-state index contributed by atoms with van der Waals surface area (Å²) >= 11 is 5.95. The summed E-state index contributed by atoms with van der Waals surface area (Å²) in [6, 6.07) is 8.80. The van der Waals surface area contributed by atoms with E-state index < -0.39 is 11.4 Å². The molecule has 2 heterocycles. The molecule has 0 saturated carbocycles. The molecule has 0 radical (unpaired) electrons. The Morgan fingerprint density at radius 3 is 2.73 bits per heavy atom. The molecule has 1 atom stereocenters. The molecule has 6 heteroatoms. The van der Waals surface area contributed by atoms with Crippen LogP contribution in [0.2, 0.25) is 5.02 Å². The number of rotatable bonds is 2. The summed E-state index contributed by atoms with van der Waals surface area (Å²) in [4.78, 5) is 29.7. The van der Waals surface area contributed by atoms with Gasteiger partial charge in [0.2, 0.25) is 0 Å². The smallest absolute Gasteiger partial charge is 0.311 e. The van der Waals surface area contributed by atoms with Gasteiger partial charge >= 0.3 is 5.97 Å². The highest BCUT2D eigenvalue weighted by Gasteiger charge is 2.42. The van der Waals surface area contributed by atoms with Gasteiger partial charge in [0.1, 0.15) is 5.69 Å². The Hall–Kier alpha value is -2.14. The van der Waals surface area contributed by atoms with Crippen molar-refractivity contribution in [1.29, 1.82) is 0 Å². The van der Waals surface area contributed by atoms with E-state index in [1.54, 1.807) is 30.0 Å². The van der Waals surface area contributed by atoms with Crippen molar-refractivity contribution >= 4 is 34.4 Å². The zero-order chi connectivity index (χ0) is 15.9. The van der Waals surface area contributed by atoms with Crippen molar-refractivity contribution in [2.75, 3.05) is 13.1 Å². The van der Waals surface area contributed by atoms with Crippen molar-refractivity contribution in [3.8, 4) is 0 Å². The normalized spacial score (nSPS) is 21.3. The molecule has 1 aromatic heterocycles. The number of fused-ring (bicyclic) bond motifs is 1. The van der Waals surface area contributed by atoms with E-state index in [-0.39, 0.29) is 12.5 Å². The number of aliphatic carboxylic acids is 1. The first-order chi connectivity index (χ1) is 10.4. The summed E-state index contributed by atoms with van der Waals surface area (Å²) in [5.74, 6) is -1.12. The average Bonchev–Trinajstić information content (AvgIpc) is 2.89. The molecule has 0 bridgehead atoms. The van der Waals surface area contributed by atoms with Crippen LogP contribution in [0.15, 0.2) is 30.3 Å². The van der Waals surface area contributed by atoms with Gasteiger partial charge in [0.25, 0.3) is 5.91 Å². The number of carboxylic acid groups (broad SMARTS) is 1. The Labute approximate surface area is 132 Å². The number of carbonyl (C=O) groups is 2. The molecule has 5 nitrogen and oxygen atoms in total. The zero-order valence-electron chi connectivity index (χ0n) is 12.0. The number of hydrogen-bond donors (Lipinski definition) is 1. The molecule has 3 rings (SSSR count). The first-order valence-electron chi connectivity index (χ1n) is 6.98. The molecule has 1 aromatic carbocycles. The number of carboxylic acids is 1. The minimum atomic E-state index is -0.879. The summed E-state index contributed by atoms with van der Waals surface area (Å²) in [5, 5.41) is 10.7. The maximum Gasteiger partial charge on any atom is 0.311 e. The van der Waals surface area contributed by atoms with Crippen molar-refractivity contribution < 1.29 is 14.7 Å². The number of pyridine rings is 1. The quantitative estimate of drug-likeness (QED) is 0.924. The van der Waals surface area contributed by atoms with Crippen LogP contribution in [-0.2, 0) is 4.79 Å². The van der Waals surface area contributed by atoms with Crippen molar-refractivity contribution in [2.24, 2.45) is 5.41 Å². The van der Waals surface area contributed by atoms with Crippen molar-refractivity contribution in [2.45, 2.75) is 13.3 Å². The number of benzene rings is 1. The summed E-state index contributed by atoms with van der Waals surface area (Å²) in [7, 11) is 0. The lowest BCUT2D eigenvalue weighted by atomic mass is 9.90. The Bertz CT molecular complexity index is 777. The molecule has 1 aliphatic rings. The highest BCUT2D eigenvalue weighted by Crippen LogP contribution is 2.31. The predicted molar refractivity (Wildman–Crippen MR) is 83.0 cm³/mol. The van der Waals surface area contributed by atoms with Crippen LogP contribution in [0.4, 0.5) is 0 Å². The van der Waals surface area contributed by atoms with E-state index in [0.717, 1.165) is 5.39 Å². The average molecular weight is 319 g/mol. The van der Waals surface area contributed by atoms with E-state index in [0.29, 0.717) is 29.2 Å². The third kappa shape index (κ3) is 2.52. The van der Waals surface area contributed by atoms with Crippen LogP contribution >= 0.6 is 11.6 Å². The number of hydrogen-bond acceptors (Lipinski definition) is 3. The van der Waals surface area contributed by atoms with Gasteiger partial charge in [-0.15, -0.1) is 0 Å². The lowest BCUT2D eigenvalue weighted by molar-refractivity contribution is -0.147. The van der Waals surface area contributed by atoms with Crippen LogP contribution in [0.5, 0.6) is 0 Å². The van der Waals surface area contributed by atoms with E-state index in [1.807, 2.05) is 12.1 Å². The Morgan fingerprint density at radius 1 is 1.32 bits per heavy atom. The highest BCUT2D eigenvalue weighted by atomic mass is 35.5. The molecule has 1 fully saturated rings. The fraction of sp³-hybridized carbons (Fsp3) is 0.312. The van der Waals surface area contributed by atoms with Crippen molar-refractivity contribution in [1.82, 2.24) is 9.88 Å². The van der Waals surface area contributed by atoms with E-state index in [1.165, 1.54) is 0 Å². The monoisotopic (exact) mass is 318 g/mol. The number of likely N-dealkylation sites (tertiary alicyclic amines) is 1. The largest absolute Gasteiger partial charge is 0.481 e. The first-order valence-corrected chi connectivity index (χ1v) is 7.36. The van der Waals surface area contributed by atoms with Gasteiger partial charge in [-0.05, 0) is 31.5 Å². The fourth-order valence-electron chi connectivity index (χ4n) is 2.68. The molecule has 0 spiro atoms. The molecule has 1 aliphatic heterocycles. The second kappa shape index (κ2) is 5.25. The van der Waals surface area contributed by atoms with Crippen molar-refractivity contribution in [3.05, 3.63) is 41.0 Å². The summed E-state index contributed by atoms with van der Waals surface area (Å²) in [5.41, 5.74) is 0.0819. The summed E-state index contributed by atoms with van der Waals surface area (Å²) < 4.78 is 0. The van der Waals surface area contributed by atoms with Gasteiger partial charge < -0.3 is 10.0 Å². The number of halogens is 1. The van der Waals surface area contributed by atoms with Crippen LogP contribution in [0, 0.1) is 5.41 Å². The maximum absolute atomic E-state index is 12.5. The van der Waals surface area contributed by atoms with Crippen LogP contribution in [-0.4, -0.2) is 40.0 Å². The topological polar surface area (TPSA) is 70.5 Å². The lowest BCUT2D eigenvalue weighted by Gasteiger charge is -2.20. The molecular formula is C16H15ClN2O3. The number of nitrogens with zero attached hydrogens (tertiary/aromatic N) is 2. The molecule has 0 aliphatic carbocycles. The second-order valence-electron chi connectivity index (χ2n) is 5.88. The molecule has 2 aromatic rings. The first kappa shape index (κ1) is 14.8. The van der Waals surface area contributed by atoms with Crippen LogP contribution in [0.3, 0.4) is 0 Å². The standard InChI is InChI=1S/C16H15ClN2O3/c1-16(15(21)22)6-7-19(9-16)14(20)12-5-3-10-2-4-11(17)8-13(10)18-12/h2-5,8H,6-7,9H2,1H3,(H,21,22). The van der Waals surface area contributed by atoms with Crippen LogP contribution in [0.25, 0.3) is 10.9 Å². The van der Waals surface area contributed by atoms with Gasteiger partial charge in [-0.25, -0.2) is 4.98 Å². The van der Waals surface area contributed by atoms with Crippen molar-refractivity contribution in [3.63, 3.8) is 0 Å². The SMILES string of the molecule is CC1(C(=O)O)CCN(C(=O)c2ccc3ccc(Cl)cc3n2)C1. The van der Waals surface area contributed by atoms with E-state index in [4.69, 9.17) is 11.6 Å². The van der Waals surface area contributed by atoms with Gasteiger partial charge in [0.05, 0.1) is 10.9 Å². The molecule has 1 saturated heterocycles. The fourth-order valence-corrected chi connectivity index (χ4v) is 2.85. The van der Waals surface area contributed by atoms with Crippen LogP contribution in [0.1, 0.15) is 23.8 Å². The van der Waals surface area contributed by atoms with Gasteiger partial charge in [0.15, 0.2) is 0 Å². The molecule has 22 heavy (non-hydrogen) atoms. The van der Waals surface area contributed by atoms with E-state index in [9.17, 15) is 14.7 Å². The summed E-state index contributed by atoms with van der Waals surface area (Å²) in [6.07, 6.45) is 0.452. The van der Waals surface area contributed by atoms with E-state index >= 15 is 0 Å². The molecular weight excluding hydrogens is 304 g/mol. The Kier molecular flexibility index (Phi) is 3.53. The predicted octanol–water partition coefficient (Wildman–Crippen LogP) is 2.83. The number of amides is 1. The van der Waals surface area contributed by atoms with Gasteiger partial charge in [-0.2, -0.15) is 0 Å². The van der Waals surface area contributed by atoms with Gasteiger partial charge in [-0.3, -0.25) is 9.59 Å². The lowest BCUT2D eigenvalue weighted by Crippen LogP contribution is -2.35. The molecule has 114 valence electrons. The minimum Gasteiger partial charge on any atom is -0.481 e.